The van der Waals surface area contributed by atoms with E-state index in [-0.39, 0.29) is 5.91 Å². The highest BCUT2D eigenvalue weighted by Crippen LogP contribution is 2.31. The number of carbonyl (C=O) groups excluding carboxylic acids is 1. The predicted molar refractivity (Wildman–Crippen MR) is 108 cm³/mol. The molecule has 1 amide bonds. The van der Waals surface area contributed by atoms with Gasteiger partial charge in [0.2, 0.25) is 5.91 Å². The average Bonchev–Trinajstić information content (AvgIpc) is 3.10. The molecule has 0 unspecified atom stereocenters. The number of aromatic nitrogens is 3. The third-order valence-electron chi connectivity index (χ3n) is 5.17. The Balaban J connectivity index is 1.67. The molecule has 2 atom stereocenters. The van der Waals surface area contributed by atoms with Crippen molar-refractivity contribution in [1.29, 1.82) is 0 Å². The highest BCUT2D eigenvalue weighted by Gasteiger charge is 2.23. The van der Waals surface area contributed by atoms with Crippen molar-refractivity contribution in [3.05, 3.63) is 24.3 Å². The zero-order valence-electron chi connectivity index (χ0n) is 16.3. The zero-order chi connectivity index (χ0) is 19.2. The van der Waals surface area contributed by atoms with Gasteiger partial charge in [0.05, 0.1) is 18.4 Å². The summed E-state index contributed by atoms with van der Waals surface area (Å²) in [4.78, 5) is 12.4. The lowest BCUT2D eigenvalue weighted by Gasteiger charge is -2.29. The fraction of sp³-hybridized carbons (Fsp3) is 0.550. The Morgan fingerprint density at radius 3 is 2.81 bits per heavy atom. The molecule has 1 aromatic carbocycles. The van der Waals surface area contributed by atoms with Crippen LogP contribution in [0.4, 0.5) is 0 Å². The maximum absolute atomic E-state index is 12.4. The number of hydrogen-bond acceptors (Lipinski definition) is 5. The minimum absolute atomic E-state index is 0.0724. The van der Waals surface area contributed by atoms with Crippen molar-refractivity contribution in [2.75, 3.05) is 12.9 Å². The molecule has 27 heavy (non-hydrogen) atoms. The van der Waals surface area contributed by atoms with Gasteiger partial charge in [-0.25, -0.2) is 0 Å². The van der Waals surface area contributed by atoms with Crippen molar-refractivity contribution in [2.45, 2.75) is 57.3 Å². The fourth-order valence-electron chi connectivity index (χ4n) is 3.62. The number of carbonyl (C=O) groups is 1. The molecule has 1 aliphatic carbocycles. The topological polar surface area (TPSA) is 69.0 Å². The minimum Gasteiger partial charge on any atom is -0.496 e. The molecule has 3 rings (SSSR count). The summed E-state index contributed by atoms with van der Waals surface area (Å²) in [6.45, 7) is 5.00. The van der Waals surface area contributed by atoms with E-state index >= 15 is 0 Å². The summed E-state index contributed by atoms with van der Waals surface area (Å²) in [5, 5.41) is 12.6. The molecule has 1 aromatic heterocycles. The monoisotopic (exact) mass is 388 g/mol. The number of ether oxygens (including phenoxy) is 1. The number of nitrogens with one attached hydrogen (secondary N) is 1. The van der Waals surface area contributed by atoms with Crippen LogP contribution in [0.3, 0.4) is 0 Å². The second-order valence-corrected chi connectivity index (χ2v) is 7.92. The second kappa shape index (κ2) is 9.26. The number of hydrogen-bond donors (Lipinski definition) is 1. The Labute approximate surface area is 165 Å². The Hall–Kier alpha value is -2.02. The molecule has 0 spiro atoms. The van der Waals surface area contributed by atoms with Gasteiger partial charge in [-0.05, 0) is 37.8 Å². The van der Waals surface area contributed by atoms with Gasteiger partial charge in [-0.2, -0.15) is 0 Å². The van der Waals surface area contributed by atoms with Gasteiger partial charge in [-0.1, -0.05) is 43.7 Å². The molecule has 0 saturated heterocycles. The molecule has 0 radical (unpaired) electrons. The Morgan fingerprint density at radius 2 is 2.07 bits per heavy atom. The van der Waals surface area contributed by atoms with Crippen LogP contribution in [0.2, 0.25) is 0 Å². The summed E-state index contributed by atoms with van der Waals surface area (Å²) in [7, 11) is 1.65. The molecule has 1 N–H and O–H groups in total. The van der Waals surface area contributed by atoms with Crippen molar-refractivity contribution < 1.29 is 9.53 Å². The highest BCUT2D eigenvalue weighted by atomic mass is 32.2. The smallest absolute Gasteiger partial charge is 0.230 e. The van der Waals surface area contributed by atoms with E-state index in [0.717, 1.165) is 35.3 Å². The van der Waals surface area contributed by atoms with Gasteiger partial charge < -0.3 is 14.6 Å². The molecule has 1 saturated carbocycles. The number of nitrogens with zero attached hydrogens (tertiary/aromatic N) is 3. The maximum atomic E-state index is 12.4. The second-order valence-electron chi connectivity index (χ2n) is 6.98. The van der Waals surface area contributed by atoms with Crippen LogP contribution in [-0.2, 0) is 11.3 Å². The third-order valence-corrected chi connectivity index (χ3v) is 6.14. The van der Waals surface area contributed by atoms with Crippen LogP contribution in [0.1, 0.15) is 39.5 Å². The van der Waals surface area contributed by atoms with E-state index in [0.29, 0.717) is 17.7 Å². The van der Waals surface area contributed by atoms with E-state index in [1.807, 2.05) is 28.8 Å². The van der Waals surface area contributed by atoms with Gasteiger partial charge in [0.1, 0.15) is 5.75 Å². The van der Waals surface area contributed by atoms with Gasteiger partial charge in [0.25, 0.3) is 0 Å². The molecule has 0 aliphatic heterocycles. The molecule has 1 fully saturated rings. The molecular weight excluding hydrogens is 360 g/mol. The third kappa shape index (κ3) is 4.64. The number of para-hydroxylation sites is 1. The van der Waals surface area contributed by atoms with E-state index in [1.54, 1.807) is 7.11 Å². The van der Waals surface area contributed by atoms with Crippen molar-refractivity contribution >= 4 is 17.7 Å². The van der Waals surface area contributed by atoms with E-state index in [1.165, 1.54) is 31.0 Å². The number of methoxy groups -OCH3 is 1. The first-order valence-electron chi connectivity index (χ1n) is 9.62. The Kier molecular flexibility index (Phi) is 6.77. The van der Waals surface area contributed by atoms with E-state index in [4.69, 9.17) is 4.74 Å². The van der Waals surface area contributed by atoms with Gasteiger partial charge in [-0.15, -0.1) is 10.2 Å². The summed E-state index contributed by atoms with van der Waals surface area (Å²) in [5.74, 6) is 2.51. The summed E-state index contributed by atoms with van der Waals surface area (Å²) in [5.41, 5.74) is 0.904. The predicted octanol–water partition coefficient (Wildman–Crippen LogP) is 3.76. The summed E-state index contributed by atoms with van der Waals surface area (Å²) in [6.07, 6.45) is 4.76. The number of amides is 1. The van der Waals surface area contributed by atoms with E-state index in [2.05, 4.69) is 29.4 Å². The van der Waals surface area contributed by atoms with Crippen LogP contribution in [0.5, 0.6) is 5.75 Å². The molecular formula is C20H28N4O2S. The number of rotatable bonds is 7. The minimum atomic E-state index is 0.0724. The first-order valence-corrected chi connectivity index (χ1v) is 10.6. The van der Waals surface area contributed by atoms with Crippen LogP contribution in [0.25, 0.3) is 11.4 Å². The largest absolute Gasteiger partial charge is 0.496 e. The highest BCUT2D eigenvalue weighted by molar-refractivity contribution is 7.99. The summed E-state index contributed by atoms with van der Waals surface area (Å²) < 4.78 is 7.48. The van der Waals surface area contributed by atoms with Gasteiger partial charge in [0, 0.05) is 12.6 Å². The summed E-state index contributed by atoms with van der Waals surface area (Å²) in [6, 6.07) is 8.08. The standard InChI is InChI=1S/C20H28N4O2S/c1-4-24-19(15-10-6-8-12-17(15)26-3)22-23-20(24)27-13-18(25)21-16-11-7-5-9-14(16)2/h6,8,10,12,14,16H,4-5,7,9,11,13H2,1-3H3,(H,21,25)/t14-,16+/m0/s1. The first kappa shape index (κ1) is 19.7. The van der Waals surface area contributed by atoms with Crippen LogP contribution in [-0.4, -0.2) is 39.6 Å². The van der Waals surface area contributed by atoms with Gasteiger partial charge in [0.15, 0.2) is 11.0 Å². The molecule has 7 heteroatoms. The van der Waals surface area contributed by atoms with Crippen molar-refractivity contribution in [3.8, 4) is 17.1 Å². The number of thioether (sulfide) groups is 1. The van der Waals surface area contributed by atoms with Crippen molar-refractivity contribution in [3.63, 3.8) is 0 Å². The quantitative estimate of drug-likeness (QED) is 0.732. The average molecular weight is 389 g/mol. The Morgan fingerprint density at radius 1 is 1.30 bits per heavy atom. The SMILES string of the molecule is CCn1c(SCC(=O)N[C@@H]2CCCC[C@@H]2C)nnc1-c1ccccc1OC. The van der Waals surface area contributed by atoms with Crippen LogP contribution >= 0.6 is 11.8 Å². The molecule has 0 bridgehead atoms. The lowest BCUT2D eigenvalue weighted by Crippen LogP contribution is -2.41. The van der Waals surface area contributed by atoms with Gasteiger partial charge >= 0.3 is 0 Å². The summed E-state index contributed by atoms with van der Waals surface area (Å²) >= 11 is 1.43. The normalized spacial score (nSPS) is 19.7. The molecule has 6 nitrogen and oxygen atoms in total. The molecule has 2 aromatic rings. The van der Waals surface area contributed by atoms with E-state index in [9.17, 15) is 4.79 Å². The van der Waals surface area contributed by atoms with E-state index < -0.39 is 0 Å². The van der Waals surface area contributed by atoms with Gasteiger partial charge in [-0.3, -0.25) is 4.79 Å². The Bertz CT molecular complexity index is 777. The lowest BCUT2D eigenvalue weighted by molar-refractivity contribution is -0.119. The van der Waals surface area contributed by atoms with Crippen LogP contribution in [0.15, 0.2) is 29.4 Å². The van der Waals surface area contributed by atoms with Crippen molar-refractivity contribution in [1.82, 2.24) is 20.1 Å². The van der Waals surface area contributed by atoms with Crippen molar-refractivity contribution in [2.24, 2.45) is 5.92 Å². The lowest BCUT2D eigenvalue weighted by atomic mass is 9.86. The fourth-order valence-corrected chi connectivity index (χ4v) is 4.43. The first-order chi connectivity index (χ1) is 13.1. The van der Waals surface area contributed by atoms with Crippen LogP contribution < -0.4 is 10.1 Å². The molecule has 1 aliphatic rings. The molecule has 1 heterocycles. The maximum Gasteiger partial charge on any atom is 0.230 e. The number of benzene rings is 1. The molecule has 146 valence electrons. The van der Waals surface area contributed by atoms with Crippen LogP contribution in [0, 0.1) is 5.92 Å². The zero-order valence-corrected chi connectivity index (χ0v) is 17.1.